The minimum atomic E-state index is -0.807. The quantitative estimate of drug-likeness (QED) is 0.674. The number of imide groups is 1. The maximum Gasteiger partial charge on any atom is 0.366 e. The highest BCUT2D eigenvalue weighted by Crippen LogP contribution is 2.24. The van der Waals surface area contributed by atoms with E-state index in [2.05, 4.69) is 4.98 Å². The number of rotatable bonds is 2. The normalized spacial score (nSPS) is 13.2. The van der Waals surface area contributed by atoms with Gasteiger partial charge in [-0.15, -0.1) is 0 Å². The van der Waals surface area contributed by atoms with Gasteiger partial charge in [0.05, 0.1) is 22.2 Å². The smallest absolute Gasteiger partial charge is 0.324 e. The molecule has 6 heteroatoms. The number of aryl methyl sites for hydroxylation is 1. The fourth-order valence-corrected chi connectivity index (χ4v) is 2.79. The Morgan fingerprint density at radius 3 is 2.28 bits per heavy atom. The molecule has 1 aliphatic rings. The van der Waals surface area contributed by atoms with Gasteiger partial charge in [0.25, 0.3) is 11.8 Å². The first kappa shape index (κ1) is 15.0. The molecule has 0 aliphatic carbocycles. The molecule has 0 N–H and O–H groups in total. The minimum absolute atomic E-state index is 0.192. The first-order chi connectivity index (χ1) is 12.1. The molecule has 0 atom stereocenters. The number of hydrogen-bond acceptors (Lipinski definition) is 5. The molecule has 0 bridgehead atoms. The molecule has 1 aliphatic heterocycles. The summed E-state index contributed by atoms with van der Waals surface area (Å²) >= 11 is 0. The minimum Gasteiger partial charge on any atom is -0.324 e. The second-order valence-electron chi connectivity index (χ2n) is 5.66. The van der Waals surface area contributed by atoms with E-state index >= 15 is 0 Å². The molecule has 0 radical (unpaired) electrons. The van der Waals surface area contributed by atoms with Gasteiger partial charge in [0.15, 0.2) is 0 Å². The number of carbonyl (C=O) groups is 3. The molecule has 0 unspecified atom stereocenters. The third kappa shape index (κ3) is 2.35. The van der Waals surface area contributed by atoms with Gasteiger partial charge in [-0.2, -0.15) is 0 Å². The monoisotopic (exact) mass is 332 g/mol. The lowest BCUT2D eigenvalue weighted by Gasteiger charge is -2.13. The molecule has 2 amide bonds. The molecular weight excluding hydrogens is 320 g/mol. The summed E-state index contributed by atoms with van der Waals surface area (Å²) in [6.07, 6.45) is 0. The molecule has 1 aromatic heterocycles. The predicted octanol–water partition coefficient (Wildman–Crippen LogP) is 2.91. The van der Waals surface area contributed by atoms with Crippen molar-refractivity contribution >= 4 is 28.7 Å². The highest BCUT2D eigenvalue weighted by Gasteiger charge is 2.39. The van der Waals surface area contributed by atoms with Crippen LogP contribution >= 0.6 is 0 Å². The topological polar surface area (TPSA) is 76.6 Å². The zero-order valence-corrected chi connectivity index (χ0v) is 13.2. The van der Waals surface area contributed by atoms with Gasteiger partial charge in [-0.25, -0.2) is 4.79 Å². The Bertz CT molecular complexity index is 1020. The summed E-state index contributed by atoms with van der Waals surface area (Å²) in [4.78, 5) is 46.6. The Morgan fingerprint density at radius 2 is 1.60 bits per heavy atom. The molecule has 2 aromatic carbocycles. The number of carbonyl (C=O) groups excluding carboxylic acids is 3. The number of nitrogens with zero attached hydrogens (tertiary/aromatic N) is 2. The molecule has 0 saturated carbocycles. The van der Waals surface area contributed by atoms with E-state index in [1.54, 1.807) is 24.3 Å². The second-order valence-corrected chi connectivity index (χ2v) is 5.66. The van der Waals surface area contributed by atoms with E-state index in [9.17, 15) is 14.4 Å². The average molecular weight is 332 g/mol. The van der Waals surface area contributed by atoms with E-state index in [1.165, 1.54) is 12.1 Å². The summed E-state index contributed by atoms with van der Waals surface area (Å²) < 4.78 is 0. The van der Waals surface area contributed by atoms with Crippen LogP contribution in [-0.2, 0) is 4.84 Å². The third-order valence-corrected chi connectivity index (χ3v) is 4.01. The van der Waals surface area contributed by atoms with Crippen molar-refractivity contribution in [1.82, 2.24) is 10.0 Å². The van der Waals surface area contributed by atoms with Crippen molar-refractivity contribution in [3.05, 3.63) is 77.0 Å². The molecule has 122 valence electrons. The number of aromatic nitrogens is 1. The fourth-order valence-electron chi connectivity index (χ4n) is 2.79. The number of benzene rings is 2. The van der Waals surface area contributed by atoms with Gasteiger partial charge in [0, 0.05) is 11.1 Å². The summed E-state index contributed by atoms with van der Waals surface area (Å²) in [7, 11) is 0. The lowest BCUT2D eigenvalue weighted by atomic mass is 10.1. The standard InChI is InChI=1S/C19H12N2O4/c1-11-9-10-12-5-4-8-15(16(12)20-11)19(24)25-21-17(22)13-6-2-3-7-14(13)18(21)23/h2-10H,1H3. The Kier molecular flexibility index (Phi) is 3.32. The Morgan fingerprint density at radius 1 is 0.920 bits per heavy atom. The first-order valence-corrected chi connectivity index (χ1v) is 7.63. The summed E-state index contributed by atoms with van der Waals surface area (Å²) in [6, 6.07) is 15.1. The van der Waals surface area contributed by atoms with Gasteiger partial charge in [-0.3, -0.25) is 14.6 Å². The van der Waals surface area contributed by atoms with Crippen molar-refractivity contribution in [2.45, 2.75) is 6.92 Å². The van der Waals surface area contributed by atoms with Crippen LogP contribution in [0.3, 0.4) is 0 Å². The molecule has 0 spiro atoms. The van der Waals surface area contributed by atoms with Crippen LogP contribution in [0.15, 0.2) is 54.6 Å². The van der Waals surface area contributed by atoms with Gasteiger partial charge in [-0.05, 0) is 31.2 Å². The summed E-state index contributed by atoms with van der Waals surface area (Å²) in [5, 5.41) is 1.27. The van der Waals surface area contributed by atoms with E-state index in [0.717, 1.165) is 11.1 Å². The Labute approximate surface area is 142 Å². The van der Waals surface area contributed by atoms with Gasteiger partial charge >= 0.3 is 5.97 Å². The van der Waals surface area contributed by atoms with Crippen LogP contribution < -0.4 is 0 Å². The zero-order chi connectivity index (χ0) is 17.6. The molecule has 0 fully saturated rings. The van der Waals surface area contributed by atoms with E-state index < -0.39 is 17.8 Å². The number of pyridine rings is 1. The lowest BCUT2D eigenvalue weighted by Crippen LogP contribution is -2.32. The van der Waals surface area contributed by atoms with Crippen molar-refractivity contribution in [1.29, 1.82) is 0 Å². The van der Waals surface area contributed by atoms with Crippen LogP contribution in [0, 0.1) is 6.92 Å². The van der Waals surface area contributed by atoms with Crippen molar-refractivity contribution in [2.75, 3.05) is 0 Å². The zero-order valence-electron chi connectivity index (χ0n) is 13.2. The molecular formula is C19H12N2O4. The highest BCUT2D eigenvalue weighted by atomic mass is 16.7. The number of amides is 2. The van der Waals surface area contributed by atoms with Gasteiger partial charge in [-0.1, -0.05) is 35.4 Å². The second kappa shape index (κ2) is 5.52. The summed E-state index contributed by atoms with van der Waals surface area (Å²) in [5.41, 5.74) is 1.83. The van der Waals surface area contributed by atoms with E-state index in [1.807, 2.05) is 25.1 Å². The van der Waals surface area contributed by atoms with Gasteiger partial charge < -0.3 is 4.84 Å². The lowest BCUT2D eigenvalue weighted by molar-refractivity contribution is -0.0583. The van der Waals surface area contributed by atoms with Crippen LogP contribution in [0.25, 0.3) is 10.9 Å². The Balaban J connectivity index is 1.69. The molecule has 2 heterocycles. The van der Waals surface area contributed by atoms with Crippen molar-refractivity contribution in [2.24, 2.45) is 0 Å². The van der Waals surface area contributed by atoms with Crippen LogP contribution in [0.5, 0.6) is 0 Å². The van der Waals surface area contributed by atoms with Crippen LogP contribution in [0.4, 0.5) is 0 Å². The van der Waals surface area contributed by atoms with E-state index in [4.69, 9.17) is 4.84 Å². The molecule has 3 aromatic rings. The van der Waals surface area contributed by atoms with Crippen molar-refractivity contribution in [3.8, 4) is 0 Å². The predicted molar refractivity (Wildman–Crippen MR) is 88.8 cm³/mol. The van der Waals surface area contributed by atoms with Crippen LogP contribution in [0.1, 0.15) is 36.8 Å². The van der Waals surface area contributed by atoms with Crippen LogP contribution in [-0.4, -0.2) is 27.8 Å². The van der Waals surface area contributed by atoms with Gasteiger partial charge in [0.1, 0.15) is 0 Å². The maximum atomic E-state index is 12.6. The summed E-state index contributed by atoms with van der Waals surface area (Å²) in [5.74, 6) is -2.12. The SMILES string of the molecule is Cc1ccc2cccc(C(=O)ON3C(=O)c4ccccc4C3=O)c2n1. The highest BCUT2D eigenvalue weighted by molar-refractivity contribution is 6.21. The number of hydrogen-bond donors (Lipinski definition) is 0. The largest absolute Gasteiger partial charge is 0.366 e. The number of hydroxylamine groups is 2. The average Bonchev–Trinajstić information content (AvgIpc) is 2.86. The molecule has 6 nitrogen and oxygen atoms in total. The van der Waals surface area contributed by atoms with Gasteiger partial charge in [0.2, 0.25) is 0 Å². The van der Waals surface area contributed by atoms with Crippen molar-refractivity contribution in [3.63, 3.8) is 0 Å². The first-order valence-electron chi connectivity index (χ1n) is 7.63. The van der Waals surface area contributed by atoms with E-state index in [0.29, 0.717) is 10.6 Å². The van der Waals surface area contributed by atoms with E-state index in [-0.39, 0.29) is 16.7 Å². The molecule has 0 saturated heterocycles. The molecule has 4 rings (SSSR count). The maximum absolute atomic E-state index is 12.6. The van der Waals surface area contributed by atoms with Crippen molar-refractivity contribution < 1.29 is 19.2 Å². The third-order valence-electron chi connectivity index (χ3n) is 4.01. The van der Waals surface area contributed by atoms with Crippen LogP contribution in [0.2, 0.25) is 0 Å². The Hall–Kier alpha value is -3.54. The fraction of sp³-hybridized carbons (Fsp3) is 0.0526. The number of para-hydroxylation sites is 1. The molecule has 25 heavy (non-hydrogen) atoms. The summed E-state index contributed by atoms with van der Waals surface area (Å²) in [6.45, 7) is 1.81. The number of fused-ring (bicyclic) bond motifs is 2.